The van der Waals surface area contributed by atoms with Crippen LogP contribution in [0.25, 0.3) is 0 Å². The molecule has 2 atom stereocenters. The maximum Gasteiger partial charge on any atom is 0.0409 e. The van der Waals surface area contributed by atoms with Gasteiger partial charge in [-0.25, -0.2) is 0 Å². The molecule has 0 saturated heterocycles. The molecule has 2 unspecified atom stereocenters. The van der Waals surface area contributed by atoms with Crippen LogP contribution in [0.15, 0.2) is 24.3 Å². The van der Waals surface area contributed by atoms with E-state index < -0.39 is 0 Å². The summed E-state index contributed by atoms with van der Waals surface area (Å²) in [4.78, 5) is 2.29. The van der Waals surface area contributed by atoms with E-state index in [1.165, 1.54) is 5.56 Å². The normalized spacial score (nSPS) is 15.1. The van der Waals surface area contributed by atoms with Crippen molar-refractivity contribution in [2.75, 3.05) is 13.6 Å². The summed E-state index contributed by atoms with van der Waals surface area (Å²) in [7, 11) is 2.12. The SMILES string of the molecule is CC(C)CC(N)CN(C)C(C)c1cccc(Cl)c1. The number of rotatable bonds is 6. The fourth-order valence-electron chi connectivity index (χ4n) is 2.23. The lowest BCUT2D eigenvalue weighted by Crippen LogP contribution is -2.37. The van der Waals surface area contributed by atoms with E-state index in [-0.39, 0.29) is 6.04 Å². The number of benzene rings is 1. The molecule has 0 heterocycles. The van der Waals surface area contributed by atoms with Crippen LogP contribution in [-0.2, 0) is 0 Å². The molecular formula is C15H25ClN2. The summed E-state index contributed by atoms with van der Waals surface area (Å²) in [6.45, 7) is 7.51. The number of hydrogen-bond donors (Lipinski definition) is 1. The van der Waals surface area contributed by atoms with E-state index in [9.17, 15) is 0 Å². The van der Waals surface area contributed by atoms with Crippen LogP contribution in [0.1, 0.15) is 38.8 Å². The summed E-state index contributed by atoms with van der Waals surface area (Å²) in [5, 5.41) is 0.791. The Labute approximate surface area is 116 Å². The molecule has 0 bridgehead atoms. The number of nitrogens with zero attached hydrogens (tertiary/aromatic N) is 1. The van der Waals surface area contributed by atoms with Gasteiger partial charge in [0.05, 0.1) is 0 Å². The quantitative estimate of drug-likeness (QED) is 0.852. The highest BCUT2D eigenvalue weighted by atomic mass is 35.5. The van der Waals surface area contributed by atoms with Crippen molar-refractivity contribution in [3.05, 3.63) is 34.9 Å². The minimum atomic E-state index is 0.233. The first-order valence-electron chi connectivity index (χ1n) is 6.61. The van der Waals surface area contributed by atoms with Gasteiger partial charge in [-0.1, -0.05) is 37.6 Å². The molecule has 0 aliphatic heterocycles. The third kappa shape index (κ3) is 4.97. The van der Waals surface area contributed by atoms with E-state index in [4.69, 9.17) is 17.3 Å². The predicted molar refractivity (Wildman–Crippen MR) is 79.9 cm³/mol. The second-order valence-corrected chi connectivity index (χ2v) is 6.00. The molecule has 0 aliphatic rings. The molecule has 0 radical (unpaired) electrons. The fourth-order valence-corrected chi connectivity index (χ4v) is 2.43. The van der Waals surface area contributed by atoms with Crippen molar-refractivity contribution in [1.29, 1.82) is 0 Å². The minimum Gasteiger partial charge on any atom is -0.327 e. The molecule has 1 rings (SSSR count). The first-order chi connectivity index (χ1) is 8.40. The lowest BCUT2D eigenvalue weighted by molar-refractivity contribution is 0.235. The third-order valence-electron chi connectivity index (χ3n) is 3.29. The molecule has 1 aromatic carbocycles. The molecule has 0 saturated carbocycles. The summed E-state index contributed by atoms with van der Waals surface area (Å²) in [5.74, 6) is 0.648. The Morgan fingerprint density at radius 2 is 1.94 bits per heavy atom. The smallest absolute Gasteiger partial charge is 0.0409 e. The monoisotopic (exact) mass is 268 g/mol. The van der Waals surface area contributed by atoms with E-state index in [1.54, 1.807) is 0 Å². The van der Waals surface area contributed by atoms with Crippen molar-refractivity contribution in [3.63, 3.8) is 0 Å². The zero-order chi connectivity index (χ0) is 13.7. The maximum absolute atomic E-state index is 6.15. The Bertz CT molecular complexity index is 365. The van der Waals surface area contributed by atoms with Gasteiger partial charge in [0.1, 0.15) is 0 Å². The van der Waals surface area contributed by atoms with Crippen molar-refractivity contribution in [2.45, 2.75) is 39.3 Å². The molecular weight excluding hydrogens is 244 g/mol. The van der Waals surface area contributed by atoms with Crippen molar-refractivity contribution in [3.8, 4) is 0 Å². The average Bonchev–Trinajstić information content (AvgIpc) is 2.26. The van der Waals surface area contributed by atoms with E-state index in [0.717, 1.165) is 18.0 Å². The molecule has 3 heteroatoms. The van der Waals surface area contributed by atoms with Crippen LogP contribution < -0.4 is 5.73 Å². The standard InChI is InChI=1S/C15H25ClN2/c1-11(2)8-15(17)10-18(4)12(3)13-6-5-7-14(16)9-13/h5-7,9,11-12,15H,8,10,17H2,1-4H3. The lowest BCUT2D eigenvalue weighted by atomic mass is 10.0. The first kappa shape index (κ1) is 15.5. The van der Waals surface area contributed by atoms with Gasteiger partial charge in [-0.05, 0) is 44.0 Å². The Morgan fingerprint density at radius 1 is 1.28 bits per heavy atom. The largest absolute Gasteiger partial charge is 0.327 e. The summed E-state index contributed by atoms with van der Waals surface area (Å²) in [6.07, 6.45) is 1.06. The molecule has 0 aliphatic carbocycles. The molecule has 2 nitrogen and oxygen atoms in total. The third-order valence-corrected chi connectivity index (χ3v) is 3.52. The van der Waals surface area contributed by atoms with Crippen molar-refractivity contribution < 1.29 is 0 Å². The summed E-state index contributed by atoms with van der Waals surface area (Å²) in [5.41, 5.74) is 7.39. The van der Waals surface area contributed by atoms with Gasteiger partial charge < -0.3 is 5.73 Å². The number of halogens is 1. The molecule has 1 aromatic rings. The van der Waals surface area contributed by atoms with Gasteiger partial charge in [-0.2, -0.15) is 0 Å². The predicted octanol–water partition coefficient (Wildman–Crippen LogP) is 3.71. The second kappa shape index (κ2) is 7.13. The Balaban J connectivity index is 2.58. The van der Waals surface area contributed by atoms with Crippen LogP contribution in [-0.4, -0.2) is 24.5 Å². The highest BCUT2D eigenvalue weighted by molar-refractivity contribution is 6.30. The molecule has 18 heavy (non-hydrogen) atoms. The molecule has 102 valence electrons. The summed E-state index contributed by atoms with van der Waals surface area (Å²) >= 11 is 6.02. The van der Waals surface area contributed by atoms with Crippen LogP contribution >= 0.6 is 11.6 Å². The van der Waals surface area contributed by atoms with E-state index in [1.807, 2.05) is 18.2 Å². The number of likely N-dealkylation sites (N-methyl/N-ethyl adjacent to an activating group) is 1. The highest BCUT2D eigenvalue weighted by Crippen LogP contribution is 2.22. The first-order valence-corrected chi connectivity index (χ1v) is 6.99. The van der Waals surface area contributed by atoms with Crippen molar-refractivity contribution in [1.82, 2.24) is 4.90 Å². The summed E-state index contributed by atoms with van der Waals surface area (Å²) in [6, 6.07) is 8.61. The highest BCUT2D eigenvalue weighted by Gasteiger charge is 2.15. The van der Waals surface area contributed by atoms with Gasteiger partial charge in [0, 0.05) is 23.7 Å². The fraction of sp³-hybridized carbons (Fsp3) is 0.600. The molecule has 2 N–H and O–H groups in total. The van der Waals surface area contributed by atoms with Crippen LogP contribution in [0.4, 0.5) is 0 Å². The van der Waals surface area contributed by atoms with Gasteiger partial charge in [-0.3, -0.25) is 4.90 Å². The Kier molecular flexibility index (Phi) is 6.13. The van der Waals surface area contributed by atoms with Gasteiger partial charge >= 0.3 is 0 Å². The van der Waals surface area contributed by atoms with Gasteiger partial charge in [0.15, 0.2) is 0 Å². The topological polar surface area (TPSA) is 29.3 Å². The van der Waals surface area contributed by atoms with Gasteiger partial charge in [-0.15, -0.1) is 0 Å². The van der Waals surface area contributed by atoms with Crippen LogP contribution in [0.3, 0.4) is 0 Å². The zero-order valence-electron chi connectivity index (χ0n) is 11.9. The maximum atomic E-state index is 6.15. The Hall–Kier alpha value is -0.570. The molecule has 0 aromatic heterocycles. The van der Waals surface area contributed by atoms with Gasteiger partial charge in [0.25, 0.3) is 0 Å². The summed E-state index contributed by atoms with van der Waals surface area (Å²) < 4.78 is 0. The molecule has 0 fully saturated rings. The molecule has 0 spiro atoms. The Morgan fingerprint density at radius 3 is 2.50 bits per heavy atom. The minimum absolute atomic E-state index is 0.233. The van der Waals surface area contributed by atoms with E-state index in [0.29, 0.717) is 12.0 Å². The zero-order valence-corrected chi connectivity index (χ0v) is 12.6. The average molecular weight is 269 g/mol. The lowest BCUT2D eigenvalue weighted by Gasteiger charge is -2.28. The van der Waals surface area contributed by atoms with Crippen LogP contribution in [0, 0.1) is 5.92 Å². The molecule has 0 amide bonds. The number of nitrogens with two attached hydrogens (primary N) is 1. The van der Waals surface area contributed by atoms with Crippen molar-refractivity contribution in [2.24, 2.45) is 11.7 Å². The van der Waals surface area contributed by atoms with Gasteiger partial charge in [0.2, 0.25) is 0 Å². The van der Waals surface area contributed by atoms with Crippen LogP contribution in [0.2, 0.25) is 5.02 Å². The van der Waals surface area contributed by atoms with E-state index >= 15 is 0 Å². The number of hydrogen-bond acceptors (Lipinski definition) is 2. The van der Waals surface area contributed by atoms with Crippen molar-refractivity contribution >= 4 is 11.6 Å². The second-order valence-electron chi connectivity index (χ2n) is 5.56. The van der Waals surface area contributed by atoms with E-state index in [2.05, 4.69) is 38.8 Å². The van der Waals surface area contributed by atoms with Crippen LogP contribution in [0.5, 0.6) is 0 Å².